The van der Waals surface area contributed by atoms with Crippen LogP contribution in [-0.2, 0) is 17.2 Å². The lowest BCUT2D eigenvalue weighted by atomic mass is 10.1. The second-order valence-electron chi connectivity index (χ2n) is 4.80. The Morgan fingerprint density at radius 1 is 1.05 bits per heavy atom. The number of hydrogen-bond donors (Lipinski definition) is 1. The van der Waals surface area contributed by atoms with Crippen LogP contribution in [0.25, 0.3) is 0 Å². The van der Waals surface area contributed by atoms with E-state index in [1.165, 1.54) is 0 Å². The van der Waals surface area contributed by atoms with E-state index in [-0.39, 0.29) is 0 Å². The van der Waals surface area contributed by atoms with Crippen molar-refractivity contribution in [1.82, 2.24) is 0 Å². The maximum absolute atomic E-state index is 12.4. The first-order valence-corrected chi connectivity index (χ1v) is 8.17. The Bertz CT molecular complexity index is 672. The lowest BCUT2D eigenvalue weighted by Crippen LogP contribution is -2.15. The number of nitrogen functional groups attached to an aromatic ring is 1. The number of para-hydroxylation sites is 1. The molecule has 0 bridgehead atoms. The molecule has 0 spiro atoms. The van der Waals surface area contributed by atoms with Crippen LogP contribution < -0.4 is 15.2 Å². The van der Waals surface area contributed by atoms with Gasteiger partial charge in [0.15, 0.2) is 11.5 Å². The number of aryl methyl sites for hydroxylation is 1. The van der Waals surface area contributed by atoms with Crippen LogP contribution >= 0.6 is 0 Å². The number of benzene rings is 2. The van der Waals surface area contributed by atoms with Crippen LogP contribution in [0.2, 0.25) is 0 Å². The number of ether oxygens (including phenoxy) is 2. The summed E-state index contributed by atoms with van der Waals surface area (Å²) in [5.41, 5.74) is 7.68. The number of fused-ring (bicyclic) bond motifs is 1. The molecule has 3 rings (SSSR count). The fraction of sp³-hybridized carbons (Fsp3) is 0.250. The van der Waals surface area contributed by atoms with E-state index < -0.39 is 10.8 Å². The van der Waals surface area contributed by atoms with Gasteiger partial charge in [0, 0.05) is 22.4 Å². The van der Waals surface area contributed by atoms with Crippen molar-refractivity contribution in [2.75, 3.05) is 24.7 Å². The Morgan fingerprint density at radius 2 is 1.81 bits per heavy atom. The molecule has 1 atom stereocenters. The smallest absolute Gasteiger partial charge is 0.162 e. The molecule has 0 aliphatic carbocycles. The molecular formula is C16H17NO3S. The van der Waals surface area contributed by atoms with Gasteiger partial charge in [-0.25, -0.2) is 0 Å². The van der Waals surface area contributed by atoms with Crippen molar-refractivity contribution in [2.24, 2.45) is 0 Å². The molecule has 4 nitrogen and oxygen atoms in total. The maximum Gasteiger partial charge on any atom is 0.162 e. The Morgan fingerprint density at radius 3 is 2.62 bits per heavy atom. The SMILES string of the molecule is Nc1ccccc1CCS(=O)c1ccc2c(c1)OCCO2. The van der Waals surface area contributed by atoms with Crippen LogP contribution in [0.5, 0.6) is 11.5 Å². The predicted octanol–water partition coefficient (Wildman–Crippen LogP) is 2.39. The van der Waals surface area contributed by atoms with Crippen LogP contribution in [-0.4, -0.2) is 23.2 Å². The summed E-state index contributed by atoms with van der Waals surface area (Å²) in [6.45, 7) is 1.09. The minimum atomic E-state index is -1.08. The summed E-state index contributed by atoms with van der Waals surface area (Å²) in [5, 5.41) is 0. The molecule has 0 saturated heterocycles. The van der Waals surface area contributed by atoms with Crippen molar-refractivity contribution in [1.29, 1.82) is 0 Å². The van der Waals surface area contributed by atoms with Gasteiger partial charge in [0.05, 0.1) is 10.8 Å². The summed E-state index contributed by atoms with van der Waals surface area (Å²) < 4.78 is 23.4. The number of nitrogens with two attached hydrogens (primary N) is 1. The monoisotopic (exact) mass is 303 g/mol. The minimum Gasteiger partial charge on any atom is -0.486 e. The Balaban J connectivity index is 1.69. The first kappa shape index (κ1) is 13.9. The molecule has 2 aromatic rings. The zero-order valence-electron chi connectivity index (χ0n) is 11.6. The summed E-state index contributed by atoms with van der Waals surface area (Å²) in [5.74, 6) is 1.93. The van der Waals surface area contributed by atoms with E-state index in [1.54, 1.807) is 6.07 Å². The molecule has 0 radical (unpaired) electrons. The Labute approximate surface area is 126 Å². The number of rotatable bonds is 4. The summed E-state index contributed by atoms with van der Waals surface area (Å²) >= 11 is 0. The molecule has 5 heteroatoms. The zero-order valence-corrected chi connectivity index (χ0v) is 12.4. The van der Waals surface area contributed by atoms with Gasteiger partial charge in [-0.05, 0) is 30.2 Å². The van der Waals surface area contributed by atoms with E-state index in [4.69, 9.17) is 15.2 Å². The van der Waals surface area contributed by atoms with Crippen molar-refractivity contribution in [2.45, 2.75) is 11.3 Å². The van der Waals surface area contributed by atoms with E-state index in [9.17, 15) is 4.21 Å². The largest absolute Gasteiger partial charge is 0.486 e. The molecule has 110 valence electrons. The molecule has 0 amide bonds. The van der Waals surface area contributed by atoms with Gasteiger partial charge < -0.3 is 15.2 Å². The quantitative estimate of drug-likeness (QED) is 0.881. The van der Waals surface area contributed by atoms with Crippen LogP contribution in [0.4, 0.5) is 5.69 Å². The van der Waals surface area contributed by atoms with Crippen molar-refractivity contribution in [3.63, 3.8) is 0 Å². The van der Waals surface area contributed by atoms with Gasteiger partial charge in [0.1, 0.15) is 13.2 Å². The summed E-state index contributed by atoms with van der Waals surface area (Å²) in [6, 6.07) is 13.1. The van der Waals surface area contributed by atoms with Crippen molar-refractivity contribution < 1.29 is 13.7 Å². The third-order valence-corrected chi connectivity index (χ3v) is 4.74. The van der Waals surface area contributed by atoms with Crippen LogP contribution in [0.15, 0.2) is 47.4 Å². The van der Waals surface area contributed by atoms with E-state index >= 15 is 0 Å². The van der Waals surface area contributed by atoms with Gasteiger partial charge in [-0.3, -0.25) is 4.21 Å². The summed E-state index contributed by atoms with van der Waals surface area (Å²) in [4.78, 5) is 0.758. The van der Waals surface area contributed by atoms with Gasteiger partial charge in [-0.1, -0.05) is 18.2 Å². The Kier molecular flexibility index (Phi) is 4.10. The predicted molar refractivity (Wildman–Crippen MR) is 83.3 cm³/mol. The highest BCUT2D eigenvalue weighted by atomic mass is 32.2. The average molecular weight is 303 g/mol. The van der Waals surface area contributed by atoms with Gasteiger partial charge in [-0.2, -0.15) is 0 Å². The topological polar surface area (TPSA) is 61.6 Å². The molecule has 1 heterocycles. The number of anilines is 1. The third-order valence-electron chi connectivity index (χ3n) is 3.39. The molecule has 21 heavy (non-hydrogen) atoms. The normalized spacial score (nSPS) is 14.7. The lowest BCUT2D eigenvalue weighted by Gasteiger charge is -2.18. The molecular weight excluding hydrogens is 286 g/mol. The standard InChI is InChI=1S/C16H17NO3S/c17-14-4-2-1-3-12(14)7-10-21(18)13-5-6-15-16(11-13)20-9-8-19-15/h1-6,11H,7-10,17H2. The zero-order chi connectivity index (χ0) is 14.7. The highest BCUT2D eigenvalue weighted by Crippen LogP contribution is 2.31. The molecule has 2 N–H and O–H groups in total. The fourth-order valence-electron chi connectivity index (χ4n) is 2.25. The molecule has 1 aliphatic heterocycles. The van der Waals surface area contributed by atoms with Crippen LogP contribution in [0, 0.1) is 0 Å². The van der Waals surface area contributed by atoms with Crippen molar-refractivity contribution in [3.05, 3.63) is 48.0 Å². The molecule has 2 aromatic carbocycles. The summed E-state index contributed by atoms with van der Waals surface area (Å²) in [7, 11) is -1.08. The molecule has 0 fully saturated rings. The maximum atomic E-state index is 12.4. The van der Waals surface area contributed by atoms with Gasteiger partial charge in [0.2, 0.25) is 0 Å². The van der Waals surface area contributed by atoms with E-state index in [0.717, 1.165) is 16.1 Å². The third kappa shape index (κ3) is 3.19. The highest BCUT2D eigenvalue weighted by Gasteiger charge is 2.14. The average Bonchev–Trinajstić information content (AvgIpc) is 2.53. The van der Waals surface area contributed by atoms with E-state index in [2.05, 4.69) is 0 Å². The molecule has 0 saturated carbocycles. The van der Waals surface area contributed by atoms with Gasteiger partial charge >= 0.3 is 0 Å². The van der Waals surface area contributed by atoms with Gasteiger partial charge in [-0.15, -0.1) is 0 Å². The highest BCUT2D eigenvalue weighted by molar-refractivity contribution is 7.85. The molecule has 1 aliphatic rings. The van der Waals surface area contributed by atoms with E-state index in [1.807, 2.05) is 36.4 Å². The summed E-state index contributed by atoms with van der Waals surface area (Å²) in [6.07, 6.45) is 0.688. The number of hydrogen-bond acceptors (Lipinski definition) is 4. The minimum absolute atomic E-state index is 0.531. The molecule has 1 unspecified atom stereocenters. The second-order valence-corrected chi connectivity index (χ2v) is 6.37. The second kappa shape index (κ2) is 6.18. The first-order valence-electron chi connectivity index (χ1n) is 6.85. The first-order chi connectivity index (χ1) is 10.2. The molecule has 0 aromatic heterocycles. The lowest BCUT2D eigenvalue weighted by molar-refractivity contribution is 0.171. The van der Waals surface area contributed by atoms with Gasteiger partial charge in [0.25, 0.3) is 0 Å². The fourth-order valence-corrected chi connectivity index (χ4v) is 3.35. The Hall–Kier alpha value is -2.01. The van der Waals surface area contributed by atoms with E-state index in [0.29, 0.717) is 36.9 Å². The van der Waals surface area contributed by atoms with Crippen molar-refractivity contribution in [3.8, 4) is 11.5 Å². The van der Waals surface area contributed by atoms with Crippen molar-refractivity contribution >= 4 is 16.5 Å². The van der Waals surface area contributed by atoms with Crippen LogP contribution in [0.1, 0.15) is 5.56 Å². The van der Waals surface area contributed by atoms with Crippen LogP contribution in [0.3, 0.4) is 0 Å².